The number of ether oxygens (including phenoxy) is 1. The number of fused-ring (bicyclic) bond motifs is 1. The topological polar surface area (TPSA) is 89.8 Å². The summed E-state index contributed by atoms with van der Waals surface area (Å²) in [5.74, 6) is -1.02. The molecule has 1 heterocycles. The Balaban J connectivity index is 1.49. The minimum absolute atomic E-state index is 0.0678. The minimum atomic E-state index is -0.978. The number of ketones is 1. The summed E-state index contributed by atoms with van der Waals surface area (Å²) in [5, 5.41) is 11.5. The zero-order valence-corrected chi connectivity index (χ0v) is 16.9. The molecule has 0 aromatic heterocycles. The first-order valence-electron chi connectivity index (χ1n) is 10.3. The van der Waals surface area contributed by atoms with Crippen LogP contribution in [0.25, 0.3) is 0 Å². The Morgan fingerprint density at radius 1 is 1.00 bits per heavy atom. The lowest BCUT2D eigenvalue weighted by molar-refractivity contribution is -0.384. The Kier molecular flexibility index (Phi) is 5.53. The van der Waals surface area contributed by atoms with Crippen molar-refractivity contribution in [2.24, 2.45) is 0 Å². The second-order valence-electron chi connectivity index (χ2n) is 7.90. The third-order valence-electron chi connectivity index (χ3n) is 5.89. The van der Waals surface area contributed by atoms with Gasteiger partial charge in [-0.2, -0.15) is 0 Å². The van der Waals surface area contributed by atoms with E-state index in [1.54, 1.807) is 12.1 Å². The molecule has 7 nitrogen and oxygen atoms in total. The summed E-state index contributed by atoms with van der Waals surface area (Å²) in [6, 6.07) is 9.97. The Morgan fingerprint density at radius 3 is 2.43 bits per heavy atom. The van der Waals surface area contributed by atoms with Gasteiger partial charge in [-0.15, -0.1) is 0 Å². The van der Waals surface area contributed by atoms with Crippen LogP contribution >= 0.6 is 0 Å². The van der Waals surface area contributed by atoms with Gasteiger partial charge in [0.15, 0.2) is 6.10 Å². The summed E-state index contributed by atoms with van der Waals surface area (Å²) in [5.41, 5.74) is 3.42. The predicted octanol–water partition coefficient (Wildman–Crippen LogP) is 4.11. The molecule has 1 fully saturated rings. The number of carbonyl (C=O) groups is 2. The van der Waals surface area contributed by atoms with E-state index in [2.05, 4.69) is 0 Å². The zero-order chi connectivity index (χ0) is 21.3. The molecular weight excluding hydrogens is 384 g/mol. The first-order chi connectivity index (χ1) is 14.4. The van der Waals surface area contributed by atoms with Gasteiger partial charge in [0.1, 0.15) is 5.69 Å². The molecule has 7 heteroatoms. The van der Waals surface area contributed by atoms with Crippen molar-refractivity contribution in [2.75, 3.05) is 18.0 Å². The Morgan fingerprint density at radius 2 is 1.70 bits per heavy atom. The highest BCUT2D eigenvalue weighted by atomic mass is 16.6. The van der Waals surface area contributed by atoms with Crippen LogP contribution in [-0.2, 0) is 17.6 Å². The summed E-state index contributed by atoms with van der Waals surface area (Å²) in [7, 11) is 0. The summed E-state index contributed by atoms with van der Waals surface area (Å²) in [6.07, 6.45) is 4.07. The summed E-state index contributed by atoms with van der Waals surface area (Å²) in [4.78, 5) is 38.3. The van der Waals surface area contributed by atoms with Gasteiger partial charge in [-0.1, -0.05) is 12.1 Å². The summed E-state index contributed by atoms with van der Waals surface area (Å²) >= 11 is 0. The Labute approximate surface area is 174 Å². The van der Waals surface area contributed by atoms with E-state index in [-0.39, 0.29) is 17.0 Å². The lowest BCUT2D eigenvalue weighted by atomic mass is 10.0. The number of anilines is 1. The fraction of sp³-hybridized carbons (Fsp3) is 0.391. The van der Waals surface area contributed by atoms with E-state index in [0.717, 1.165) is 45.2 Å². The second-order valence-corrected chi connectivity index (χ2v) is 7.90. The van der Waals surface area contributed by atoms with Gasteiger partial charge in [-0.3, -0.25) is 14.9 Å². The van der Waals surface area contributed by atoms with Gasteiger partial charge in [-0.05, 0) is 68.4 Å². The number of esters is 1. The molecule has 156 valence electrons. The summed E-state index contributed by atoms with van der Waals surface area (Å²) < 4.78 is 5.35. The molecule has 30 heavy (non-hydrogen) atoms. The van der Waals surface area contributed by atoms with E-state index in [4.69, 9.17) is 4.74 Å². The van der Waals surface area contributed by atoms with Gasteiger partial charge in [0.2, 0.25) is 5.78 Å². The first kappa shape index (κ1) is 20.1. The highest BCUT2D eigenvalue weighted by Gasteiger charge is 2.26. The number of benzene rings is 2. The number of hydrogen-bond acceptors (Lipinski definition) is 6. The van der Waals surface area contributed by atoms with Crippen molar-refractivity contribution in [1.29, 1.82) is 0 Å². The van der Waals surface area contributed by atoms with E-state index >= 15 is 0 Å². The quantitative estimate of drug-likeness (QED) is 0.309. The Hall–Kier alpha value is -3.22. The highest BCUT2D eigenvalue weighted by Crippen LogP contribution is 2.32. The molecule has 0 unspecified atom stereocenters. The van der Waals surface area contributed by atoms with Crippen molar-refractivity contribution in [3.05, 3.63) is 68.8 Å². The van der Waals surface area contributed by atoms with E-state index < -0.39 is 17.0 Å². The van der Waals surface area contributed by atoms with Crippen LogP contribution < -0.4 is 4.90 Å². The maximum atomic E-state index is 12.7. The third kappa shape index (κ3) is 3.92. The van der Waals surface area contributed by atoms with Gasteiger partial charge in [0, 0.05) is 24.7 Å². The molecule has 0 radical (unpaired) electrons. The van der Waals surface area contributed by atoms with E-state index in [9.17, 15) is 19.7 Å². The molecule has 1 aliphatic heterocycles. The number of carbonyl (C=O) groups excluding carboxylic acids is 2. The molecule has 2 aromatic carbocycles. The van der Waals surface area contributed by atoms with Gasteiger partial charge >= 0.3 is 5.97 Å². The SMILES string of the molecule is C[C@H](OC(=O)c1ccc(N2CCCC2)c([N+](=O)[O-])c1)C(=O)c1ccc2c(c1)CCC2. The number of aryl methyl sites for hydroxylation is 2. The largest absolute Gasteiger partial charge is 0.451 e. The highest BCUT2D eigenvalue weighted by molar-refractivity contribution is 6.01. The molecule has 0 bridgehead atoms. The van der Waals surface area contributed by atoms with E-state index in [1.807, 2.05) is 17.0 Å². The number of Topliss-reactive ketones (excluding diaryl/α,β-unsaturated/α-hetero) is 1. The Bertz CT molecular complexity index is 1010. The molecule has 4 rings (SSSR count). The maximum absolute atomic E-state index is 12.7. The van der Waals surface area contributed by atoms with Gasteiger partial charge in [-0.25, -0.2) is 4.79 Å². The monoisotopic (exact) mass is 408 g/mol. The molecule has 0 N–H and O–H groups in total. The van der Waals surface area contributed by atoms with Crippen molar-refractivity contribution >= 4 is 23.1 Å². The number of nitrogens with zero attached hydrogens (tertiary/aromatic N) is 2. The minimum Gasteiger partial charge on any atom is -0.451 e. The fourth-order valence-corrected chi connectivity index (χ4v) is 4.26. The molecule has 2 aliphatic rings. The first-order valence-corrected chi connectivity index (χ1v) is 10.3. The average Bonchev–Trinajstić information content (AvgIpc) is 3.43. The standard InChI is InChI=1S/C23H24N2O5/c1-15(22(26)18-8-7-16-5-4-6-17(16)13-18)30-23(27)19-9-10-20(21(14-19)25(28)29)24-11-2-3-12-24/h7-10,13-15H,2-6,11-12H2,1H3/t15-/m0/s1. The number of hydrogen-bond donors (Lipinski definition) is 0. The number of rotatable bonds is 6. The van der Waals surface area contributed by atoms with E-state index in [0.29, 0.717) is 11.3 Å². The normalized spacial score (nSPS) is 16.2. The molecule has 1 atom stereocenters. The second kappa shape index (κ2) is 8.26. The van der Waals surface area contributed by atoms with Crippen molar-refractivity contribution < 1.29 is 19.2 Å². The molecule has 0 saturated carbocycles. The predicted molar refractivity (Wildman–Crippen MR) is 112 cm³/mol. The van der Waals surface area contributed by atoms with Gasteiger partial charge in [0.05, 0.1) is 10.5 Å². The summed E-state index contributed by atoms with van der Waals surface area (Å²) in [6.45, 7) is 3.05. The van der Waals surface area contributed by atoms with Gasteiger partial charge < -0.3 is 9.64 Å². The van der Waals surface area contributed by atoms with Crippen LogP contribution in [-0.4, -0.2) is 35.9 Å². The number of nitro benzene ring substituents is 1. The van der Waals surface area contributed by atoms with Crippen LogP contribution in [0.1, 0.15) is 58.0 Å². The average molecular weight is 408 g/mol. The van der Waals surface area contributed by atoms with Crippen LogP contribution in [0.5, 0.6) is 0 Å². The smallest absolute Gasteiger partial charge is 0.339 e. The molecule has 1 saturated heterocycles. The van der Waals surface area contributed by atoms with Crippen LogP contribution in [0.3, 0.4) is 0 Å². The maximum Gasteiger partial charge on any atom is 0.339 e. The lowest BCUT2D eigenvalue weighted by Gasteiger charge is -2.18. The molecule has 1 aliphatic carbocycles. The van der Waals surface area contributed by atoms with Crippen LogP contribution in [0.4, 0.5) is 11.4 Å². The lowest BCUT2D eigenvalue weighted by Crippen LogP contribution is -2.25. The van der Waals surface area contributed by atoms with Crippen LogP contribution in [0, 0.1) is 10.1 Å². The van der Waals surface area contributed by atoms with Crippen molar-refractivity contribution in [3.63, 3.8) is 0 Å². The molecular formula is C23H24N2O5. The fourth-order valence-electron chi connectivity index (χ4n) is 4.26. The van der Waals surface area contributed by atoms with Crippen LogP contribution in [0.15, 0.2) is 36.4 Å². The van der Waals surface area contributed by atoms with E-state index in [1.165, 1.54) is 30.2 Å². The van der Waals surface area contributed by atoms with Crippen molar-refractivity contribution in [1.82, 2.24) is 0 Å². The third-order valence-corrected chi connectivity index (χ3v) is 5.89. The van der Waals surface area contributed by atoms with Crippen LogP contribution in [0.2, 0.25) is 0 Å². The molecule has 0 spiro atoms. The molecule has 2 aromatic rings. The van der Waals surface area contributed by atoms with Crippen molar-refractivity contribution in [3.8, 4) is 0 Å². The molecule has 0 amide bonds. The van der Waals surface area contributed by atoms with Crippen molar-refractivity contribution in [2.45, 2.75) is 45.1 Å². The number of nitro groups is 1. The zero-order valence-electron chi connectivity index (χ0n) is 16.9. The van der Waals surface area contributed by atoms with Gasteiger partial charge in [0.25, 0.3) is 5.69 Å².